The summed E-state index contributed by atoms with van der Waals surface area (Å²) in [5, 5.41) is 12.1. The lowest BCUT2D eigenvalue weighted by Gasteiger charge is -2.30. The van der Waals surface area contributed by atoms with Gasteiger partial charge in [0.05, 0.1) is 37.4 Å². The lowest BCUT2D eigenvalue weighted by molar-refractivity contribution is -0.137. The lowest BCUT2D eigenvalue weighted by Crippen LogP contribution is -2.37. The van der Waals surface area contributed by atoms with Crippen molar-refractivity contribution in [2.75, 3.05) is 13.7 Å². The van der Waals surface area contributed by atoms with Crippen LogP contribution in [0, 0.1) is 17.8 Å². The molecule has 2 saturated heterocycles. The number of hydrogen-bond acceptors (Lipinski definition) is 7. The highest BCUT2D eigenvalue weighted by atomic mass is 16.5. The van der Waals surface area contributed by atoms with Gasteiger partial charge in [0.25, 0.3) is 0 Å². The van der Waals surface area contributed by atoms with Gasteiger partial charge in [-0.25, -0.2) is 4.79 Å². The fraction of sp³-hybridized carbons (Fsp3) is 0.312. The van der Waals surface area contributed by atoms with E-state index in [4.69, 9.17) is 9.47 Å². The third-order valence-electron chi connectivity index (χ3n) is 8.44. The van der Waals surface area contributed by atoms with Crippen LogP contribution < -0.4 is 0 Å². The number of methoxy groups -OCH3 is 1. The Hall–Kier alpha value is -4.30. The van der Waals surface area contributed by atoms with Gasteiger partial charge in [0.1, 0.15) is 5.75 Å². The summed E-state index contributed by atoms with van der Waals surface area (Å²) in [7, 11) is 1.17. The number of benzene rings is 2. The van der Waals surface area contributed by atoms with Gasteiger partial charge in [-0.1, -0.05) is 42.0 Å². The summed E-state index contributed by atoms with van der Waals surface area (Å²) >= 11 is 0. The van der Waals surface area contributed by atoms with Crippen LogP contribution >= 0.6 is 0 Å². The van der Waals surface area contributed by atoms with E-state index in [1.807, 2.05) is 55.5 Å². The second-order valence-electron chi connectivity index (χ2n) is 10.6. The zero-order chi connectivity index (χ0) is 28.0. The number of allylic oxidation sites excluding steroid dienone is 2. The number of ether oxygens (including phenoxy) is 2. The normalized spacial score (nSPS) is 24.4. The summed E-state index contributed by atoms with van der Waals surface area (Å²) in [4.78, 5) is 43.6. The van der Waals surface area contributed by atoms with Gasteiger partial charge in [-0.05, 0) is 72.6 Å². The first-order valence-electron chi connectivity index (χ1n) is 13.5. The number of rotatable bonds is 5. The molecule has 3 heterocycles. The van der Waals surface area contributed by atoms with Gasteiger partial charge in [0.15, 0.2) is 0 Å². The van der Waals surface area contributed by atoms with Crippen LogP contribution in [0.1, 0.15) is 37.4 Å². The number of phenols is 1. The maximum Gasteiger partial charge on any atom is 0.423 e. The summed E-state index contributed by atoms with van der Waals surface area (Å²) in [6, 6.07) is 17.2. The smallest absolute Gasteiger partial charge is 0.423 e. The molecule has 2 fully saturated rings. The van der Waals surface area contributed by atoms with Gasteiger partial charge in [-0.2, -0.15) is 4.90 Å². The average molecular weight is 539 g/mol. The Morgan fingerprint density at radius 2 is 1.85 bits per heavy atom. The van der Waals surface area contributed by atoms with Crippen LogP contribution in [0.3, 0.4) is 0 Å². The minimum atomic E-state index is -0.925. The Kier molecular flexibility index (Phi) is 6.72. The molecule has 0 saturated carbocycles. The monoisotopic (exact) mass is 538 g/mol. The van der Waals surface area contributed by atoms with E-state index < -0.39 is 29.7 Å². The van der Waals surface area contributed by atoms with Crippen molar-refractivity contribution in [2.45, 2.75) is 32.3 Å². The standard InChI is InChI=1S/C32H30N2O6/c1-18-15-23-29(31(37)34(30(23)36)32(38)39-2)24-17-40-27(28(18)24)13-11-20(25-9-5-6-14-33-25)16-19-10-12-26(35)22-8-4-3-7-21(19)22/h3-10,12,14,16,23-24,27,29,35H,11,13,15,17H2,1-2H3/b20-16-/t23-,24+,27-,29-/m1/s1. The third-order valence-corrected chi connectivity index (χ3v) is 8.44. The molecule has 2 aliphatic heterocycles. The van der Waals surface area contributed by atoms with Gasteiger partial charge >= 0.3 is 6.09 Å². The predicted octanol–water partition coefficient (Wildman–Crippen LogP) is 5.36. The number of hydrogen-bond donors (Lipinski definition) is 1. The Balaban J connectivity index is 1.29. The van der Waals surface area contributed by atoms with Crippen LogP contribution in [-0.2, 0) is 19.1 Å². The minimum absolute atomic E-state index is 0.204. The van der Waals surface area contributed by atoms with Crippen molar-refractivity contribution in [1.82, 2.24) is 9.88 Å². The van der Waals surface area contributed by atoms with E-state index in [-0.39, 0.29) is 17.8 Å². The molecule has 204 valence electrons. The van der Waals surface area contributed by atoms with E-state index in [9.17, 15) is 19.5 Å². The van der Waals surface area contributed by atoms with E-state index in [1.54, 1.807) is 12.3 Å². The second kappa shape index (κ2) is 10.4. The van der Waals surface area contributed by atoms with Crippen LogP contribution in [0.25, 0.3) is 22.4 Å². The van der Waals surface area contributed by atoms with E-state index in [0.717, 1.165) is 38.7 Å². The molecule has 1 N–H and O–H groups in total. The number of pyridine rings is 1. The van der Waals surface area contributed by atoms with Crippen LogP contribution in [-0.4, -0.2) is 52.7 Å². The molecular formula is C32H30N2O6. The van der Waals surface area contributed by atoms with E-state index >= 15 is 0 Å². The number of nitrogens with zero attached hydrogens (tertiary/aromatic N) is 2. The number of fused-ring (bicyclic) bond motifs is 4. The molecule has 0 spiro atoms. The van der Waals surface area contributed by atoms with Crippen molar-refractivity contribution in [3.63, 3.8) is 0 Å². The van der Waals surface area contributed by atoms with Crippen molar-refractivity contribution in [3.8, 4) is 5.75 Å². The maximum atomic E-state index is 13.2. The molecule has 1 aromatic heterocycles. The SMILES string of the molecule is COC(=O)N1C(=O)[C@@H]2[C@@H](CC(C)=C3[C@@H](CC/C(=C/c4ccc(O)c5ccccc45)c4ccccn4)OC[C@@H]32)C1=O. The number of likely N-dealkylation sites (tertiary alicyclic amines) is 1. The Labute approximate surface area is 231 Å². The molecule has 8 heteroatoms. The van der Waals surface area contributed by atoms with Crippen LogP contribution in [0.5, 0.6) is 5.75 Å². The maximum absolute atomic E-state index is 13.2. The fourth-order valence-electron chi connectivity index (χ4n) is 6.63. The first-order valence-corrected chi connectivity index (χ1v) is 13.5. The molecule has 0 unspecified atom stereocenters. The van der Waals surface area contributed by atoms with E-state index in [1.165, 1.54) is 7.11 Å². The van der Waals surface area contributed by atoms with E-state index in [0.29, 0.717) is 30.8 Å². The Bertz CT molecular complexity index is 1580. The van der Waals surface area contributed by atoms with Crippen LogP contribution in [0.15, 0.2) is 71.9 Å². The van der Waals surface area contributed by atoms with E-state index in [2.05, 4.69) is 11.1 Å². The molecule has 1 aliphatic carbocycles. The molecule has 2 aromatic carbocycles. The van der Waals surface area contributed by atoms with Gasteiger partial charge in [0.2, 0.25) is 11.8 Å². The molecule has 3 aromatic rings. The Morgan fingerprint density at radius 1 is 1.07 bits per heavy atom. The third kappa shape index (κ3) is 4.29. The number of carbonyl (C=O) groups excluding carboxylic acids is 3. The molecule has 3 aliphatic rings. The summed E-state index contributed by atoms with van der Waals surface area (Å²) in [5.41, 5.74) is 4.99. The predicted molar refractivity (Wildman–Crippen MR) is 149 cm³/mol. The van der Waals surface area contributed by atoms with Crippen LogP contribution in [0.4, 0.5) is 4.79 Å². The first kappa shape index (κ1) is 26.0. The van der Waals surface area contributed by atoms with Crippen molar-refractivity contribution < 1.29 is 29.0 Å². The number of aromatic hydroxyl groups is 1. The fourth-order valence-corrected chi connectivity index (χ4v) is 6.63. The number of aromatic nitrogens is 1. The van der Waals surface area contributed by atoms with Gasteiger partial charge in [-0.15, -0.1) is 0 Å². The zero-order valence-electron chi connectivity index (χ0n) is 22.4. The first-order chi connectivity index (χ1) is 19.4. The highest BCUT2D eigenvalue weighted by molar-refractivity contribution is 6.16. The van der Waals surface area contributed by atoms with Crippen molar-refractivity contribution in [1.29, 1.82) is 0 Å². The highest BCUT2D eigenvalue weighted by Gasteiger charge is 2.58. The minimum Gasteiger partial charge on any atom is -0.507 e. The van der Waals surface area contributed by atoms with Crippen molar-refractivity contribution in [3.05, 3.63) is 83.2 Å². The molecule has 3 amide bonds. The number of amides is 3. The van der Waals surface area contributed by atoms with Crippen molar-refractivity contribution in [2.24, 2.45) is 17.8 Å². The Morgan fingerprint density at radius 3 is 2.60 bits per heavy atom. The van der Waals surface area contributed by atoms with Crippen LogP contribution in [0.2, 0.25) is 0 Å². The highest BCUT2D eigenvalue weighted by Crippen LogP contribution is 2.50. The molecular weight excluding hydrogens is 508 g/mol. The number of imide groups is 3. The number of phenolic OH excluding ortho intramolecular Hbond substituents is 1. The van der Waals surface area contributed by atoms with Gasteiger partial charge < -0.3 is 14.6 Å². The summed E-state index contributed by atoms with van der Waals surface area (Å²) < 4.78 is 11.0. The molecule has 0 radical (unpaired) electrons. The summed E-state index contributed by atoms with van der Waals surface area (Å²) in [5.74, 6) is -2.14. The topological polar surface area (TPSA) is 106 Å². The van der Waals surface area contributed by atoms with Crippen molar-refractivity contribution >= 4 is 40.3 Å². The molecule has 4 atom stereocenters. The molecule has 8 nitrogen and oxygen atoms in total. The summed E-state index contributed by atoms with van der Waals surface area (Å²) in [6.07, 6.45) is 4.51. The lowest BCUT2D eigenvalue weighted by atomic mass is 9.70. The van der Waals surface area contributed by atoms with Gasteiger partial charge in [0, 0.05) is 17.5 Å². The molecule has 0 bridgehead atoms. The van der Waals surface area contributed by atoms with Gasteiger partial charge in [-0.3, -0.25) is 14.6 Å². The quantitative estimate of drug-likeness (QED) is 0.344. The average Bonchev–Trinajstić information content (AvgIpc) is 3.51. The molecule has 40 heavy (non-hydrogen) atoms. The summed E-state index contributed by atoms with van der Waals surface area (Å²) in [6.45, 7) is 2.33. The largest absolute Gasteiger partial charge is 0.507 e. The molecule has 6 rings (SSSR count). The zero-order valence-corrected chi connectivity index (χ0v) is 22.4. The second-order valence-corrected chi connectivity index (χ2v) is 10.6. The number of carbonyl (C=O) groups is 3.